The van der Waals surface area contributed by atoms with Gasteiger partial charge in [0, 0.05) is 29.2 Å². The molecule has 6 nitrogen and oxygen atoms in total. The topological polar surface area (TPSA) is 86.7 Å². The molecule has 2 aromatic carbocycles. The van der Waals surface area contributed by atoms with Gasteiger partial charge in [0.25, 0.3) is 5.91 Å². The second-order valence-corrected chi connectivity index (χ2v) is 10.9. The Balaban J connectivity index is 1.87. The van der Waals surface area contributed by atoms with Gasteiger partial charge in [-0.1, -0.05) is 43.5 Å². The van der Waals surface area contributed by atoms with Crippen molar-refractivity contribution in [1.29, 1.82) is 0 Å². The van der Waals surface area contributed by atoms with Crippen LogP contribution in [0.3, 0.4) is 0 Å². The van der Waals surface area contributed by atoms with Crippen molar-refractivity contribution in [1.82, 2.24) is 9.62 Å². The molecule has 2 unspecified atom stereocenters. The first-order valence-electron chi connectivity index (χ1n) is 11.0. The molecule has 1 saturated carbocycles. The highest BCUT2D eigenvalue weighted by Gasteiger charge is 2.36. The van der Waals surface area contributed by atoms with Crippen molar-refractivity contribution in [3.8, 4) is 0 Å². The number of nitrogens with zero attached hydrogens (tertiary/aromatic N) is 1. The monoisotopic (exact) mass is 478 g/mol. The standard InChI is InChI=1S/C24H31ClN2O4S/c1-17-5-3-4-6-23(17)27(32(30,31)22-13-11-21(25)12-14-22)15-19-7-9-20(10-8-19)24(29)26-18(2)16-28/h7-14,17-18,23,28H,3-6,15-16H2,1-2H3,(H,26,29)/t17?,18-,23?/m1/s1. The number of aliphatic hydroxyl groups excluding tert-OH is 1. The van der Waals surface area contributed by atoms with Crippen molar-refractivity contribution in [3.05, 3.63) is 64.7 Å². The van der Waals surface area contributed by atoms with Crippen molar-refractivity contribution < 1.29 is 18.3 Å². The fourth-order valence-electron chi connectivity index (χ4n) is 4.14. The molecule has 1 aliphatic rings. The largest absolute Gasteiger partial charge is 0.394 e. The number of hydrogen-bond acceptors (Lipinski definition) is 4. The van der Waals surface area contributed by atoms with Gasteiger partial charge in [-0.2, -0.15) is 4.31 Å². The number of benzene rings is 2. The van der Waals surface area contributed by atoms with Crippen molar-refractivity contribution in [2.24, 2.45) is 5.92 Å². The predicted octanol–water partition coefficient (Wildman–Crippen LogP) is 4.22. The number of sulfonamides is 1. The zero-order chi connectivity index (χ0) is 23.3. The normalized spacial score (nSPS) is 20.2. The van der Waals surface area contributed by atoms with Gasteiger partial charge in [0.15, 0.2) is 0 Å². The molecule has 0 spiro atoms. The van der Waals surface area contributed by atoms with Crippen molar-refractivity contribution in [3.63, 3.8) is 0 Å². The third-order valence-electron chi connectivity index (χ3n) is 6.06. The summed E-state index contributed by atoms with van der Waals surface area (Å²) in [6.45, 7) is 3.93. The molecule has 3 rings (SSSR count). The van der Waals surface area contributed by atoms with Crippen LogP contribution in [0.4, 0.5) is 0 Å². The fourth-order valence-corrected chi connectivity index (χ4v) is 6.01. The van der Waals surface area contributed by atoms with E-state index in [4.69, 9.17) is 16.7 Å². The first-order chi connectivity index (χ1) is 15.2. The van der Waals surface area contributed by atoms with Gasteiger partial charge in [-0.3, -0.25) is 4.79 Å². The Labute approximate surface area is 195 Å². The van der Waals surface area contributed by atoms with E-state index in [9.17, 15) is 13.2 Å². The Morgan fingerprint density at radius 1 is 1.12 bits per heavy atom. The minimum Gasteiger partial charge on any atom is -0.394 e. The van der Waals surface area contributed by atoms with Gasteiger partial charge in [0.1, 0.15) is 0 Å². The summed E-state index contributed by atoms with van der Waals surface area (Å²) in [5, 5.41) is 12.3. The van der Waals surface area contributed by atoms with E-state index in [1.165, 1.54) is 0 Å². The van der Waals surface area contributed by atoms with Crippen molar-refractivity contribution in [2.75, 3.05) is 6.61 Å². The lowest BCUT2D eigenvalue weighted by molar-refractivity contribution is 0.0922. The average molecular weight is 479 g/mol. The molecule has 1 aliphatic carbocycles. The summed E-state index contributed by atoms with van der Waals surface area (Å²) >= 11 is 5.97. The van der Waals surface area contributed by atoms with Crippen LogP contribution in [0.15, 0.2) is 53.4 Å². The molecule has 8 heteroatoms. The molecule has 3 atom stereocenters. The summed E-state index contributed by atoms with van der Waals surface area (Å²) in [5.41, 5.74) is 1.28. The number of rotatable bonds is 8. The summed E-state index contributed by atoms with van der Waals surface area (Å²) in [4.78, 5) is 12.5. The molecule has 0 radical (unpaired) electrons. The molecular weight excluding hydrogens is 448 g/mol. The molecule has 0 bridgehead atoms. The highest BCUT2D eigenvalue weighted by molar-refractivity contribution is 7.89. The second-order valence-electron chi connectivity index (χ2n) is 8.59. The molecular formula is C24H31ClN2O4S. The second kappa shape index (κ2) is 10.8. The van der Waals surface area contributed by atoms with Gasteiger partial charge in [-0.15, -0.1) is 0 Å². The van der Waals surface area contributed by atoms with Gasteiger partial charge >= 0.3 is 0 Å². The van der Waals surface area contributed by atoms with Crippen LogP contribution < -0.4 is 5.32 Å². The first kappa shape index (κ1) is 24.7. The molecule has 2 N–H and O–H groups in total. The predicted molar refractivity (Wildman–Crippen MR) is 126 cm³/mol. The molecule has 0 aliphatic heterocycles. The lowest BCUT2D eigenvalue weighted by atomic mass is 9.86. The van der Waals surface area contributed by atoms with Gasteiger partial charge in [-0.25, -0.2) is 8.42 Å². The summed E-state index contributed by atoms with van der Waals surface area (Å²) < 4.78 is 28.8. The SMILES string of the molecule is CC1CCCCC1N(Cc1ccc(C(=O)N[C@H](C)CO)cc1)S(=O)(=O)c1ccc(Cl)cc1. The quantitative estimate of drug-likeness (QED) is 0.594. The Kier molecular flexibility index (Phi) is 8.33. The minimum atomic E-state index is -3.73. The van der Waals surface area contributed by atoms with Crippen LogP contribution in [0, 0.1) is 5.92 Å². The first-order valence-corrected chi connectivity index (χ1v) is 12.8. The van der Waals surface area contributed by atoms with E-state index in [0.29, 0.717) is 10.6 Å². The van der Waals surface area contributed by atoms with E-state index >= 15 is 0 Å². The molecule has 0 heterocycles. The number of amides is 1. The summed E-state index contributed by atoms with van der Waals surface area (Å²) in [6.07, 6.45) is 3.94. The van der Waals surface area contributed by atoms with E-state index in [1.54, 1.807) is 59.8 Å². The lowest BCUT2D eigenvalue weighted by Gasteiger charge is -2.37. The zero-order valence-electron chi connectivity index (χ0n) is 18.5. The Morgan fingerprint density at radius 3 is 2.34 bits per heavy atom. The highest BCUT2D eigenvalue weighted by atomic mass is 35.5. The molecule has 1 fully saturated rings. The van der Waals surface area contributed by atoms with Crippen LogP contribution in [-0.2, 0) is 16.6 Å². The minimum absolute atomic E-state index is 0.0854. The van der Waals surface area contributed by atoms with Crippen molar-refractivity contribution >= 4 is 27.5 Å². The van der Waals surface area contributed by atoms with Crippen LogP contribution >= 0.6 is 11.6 Å². The number of aliphatic hydroxyl groups is 1. The van der Waals surface area contributed by atoms with Gasteiger partial charge in [-0.05, 0) is 67.6 Å². The summed E-state index contributed by atoms with van der Waals surface area (Å²) in [6, 6.07) is 12.8. The van der Waals surface area contributed by atoms with Gasteiger partial charge < -0.3 is 10.4 Å². The Hall–Kier alpha value is -1.93. The molecule has 2 aromatic rings. The van der Waals surface area contributed by atoms with Crippen LogP contribution in [0.1, 0.15) is 55.5 Å². The van der Waals surface area contributed by atoms with E-state index in [0.717, 1.165) is 31.2 Å². The number of halogens is 1. The third kappa shape index (κ3) is 5.90. The molecule has 0 saturated heterocycles. The van der Waals surface area contributed by atoms with Crippen molar-refractivity contribution in [2.45, 2.75) is 63.1 Å². The molecule has 1 amide bonds. The van der Waals surface area contributed by atoms with E-state index in [-0.39, 0.29) is 42.0 Å². The molecule has 174 valence electrons. The van der Waals surface area contributed by atoms with E-state index in [1.807, 2.05) is 0 Å². The van der Waals surface area contributed by atoms with Crippen LogP contribution in [0.2, 0.25) is 5.02 Å². The maximum Gasteiger partial charge on any atom is 0.251 e. The smallest absolute Gasteiger partial charge is 0.251 e. The van der Waals surface area contributed by atoms with Crippen LogP contribution in [0.25, 0.3) is 0 Å². The highest BCUT2D eigenvalue weighted by Crippen LogP contribution is 2.33. The average Bonchev–Trinajstić information content (AvgIpc) is 2.78. The third-order valence-corrected chi connectivity index (χ3v) is 8.20. The summed E-state index contributed by atoms with van der Waals surface area (Å²) in [5.74, 6) is -0.0134. The van der Waals surface area contributed by atoms with Gasteiger partial charge in [0.05, 0.1) is 11.5 Å². The Morgan fingerprint density at radius 2 is 1.75 bits per heavy atom. The molecule has 0 aromatic heterocycles. The maximum absolute atomic E-state index is 13.6. The number of carbonyl (C=O) groups excluding carboxylic acids is 1. The fraction of sp³-hybridized carbons (Fsp3) is 0.458. The number of carbonyl (C=O) groups is 1. The zero-order valence-corrected chi connectivity index (χ0v) is 20.1. The van der Waals surface area contributed by atoms with Crippen LogP contribution in [0.5, 0.6) is 0 Å². The molecule has 32 heavy (non-hydrogen) atoms. The lowest BCUT2D eigenvalue weighted by Crippen LogP contribution is -2.44. The van der Waals surface area contributed by atoms with Gasteiger partial charge in [0.2, 0.25) is 10.0 Å². The van der Waals surface area contributed by atoms with E-state index in [2.05, 4.69) is 12.2 Å². The Bertz CT molecular complexity index is 1010. The van der Waals surface area contributed by atoms with Crippen LogP contribution in [-0.4, -0.2) is 42.4 Å². The number of nitrogens with one attached hydrogen (secondary N) is 1. The maximum atomic E-state index is 13.6. The number of hydrogen-bond donors (Lipinski definition) is 2. The van der Waals surface area contributed by atoms with E-state index < -0.39 is 10.0 Å². The summed E-state index contributed by atoms with van der Waals surface area (Å²) in [7, 11) is -3.73.